The van der Waals surface area contributed by atoms with Crippen molar-refractivity contribution in [2.75, 3.05) is 73.0 Å². The number of nitrogens with zero attached hydrogens (tertiary/aromatic N) is 3. The van der Waals surface area contributed by atoms with Crippen LogP contribution in [0.1, 0.15) is 463 Å². The van der Waals surface area contributed by atoms with E-state index < -0.39 is 47.8 Å². The maximum Gasteiger partial charge on any atom is 0.309 e. The number of carbonyl (C=O) groups excluding carboxylic acids is 1. The van der Waals surface area contributed by atoms with Crippen LogP contribution in [0.5, 0.6) is 0 Å². The lowest BCUT2D eigenvalue weighted by Crippen LogP contribution is -2.44. The molecule has 0 unspecified atom stereocenters. The highest BCUT2D eigenvalue weighted by Gasteiger charge is 2.51. The van der Waals surface area contributed by atoms with E-state index in [0.29, 0.717) is 99.2 Å². The van der Waals surface area contributed by atoms with Crippen molar-refractivity contribution in [1.29, 1.82) is 10.5 Å². The smallest absolute Gasteiger partial charge is 0.309 e. The molecule has 12 fully saturated rings. The Morgan fingerprint density at radius 2 is 0.674 bits per heavy atom. The molecule has 0 spiro atoms. The number of ether oxygens (including phenoxy) is 4. The van der Waals surface area contributed by atoms with Gasteiger partial charge in [0.25, 0.3) is 0 Å². The predicted octanol–water partition coefficient (Wildman–Crippen LogP) is 27.5. The average molecular weight is 1920 g/mol. The topological polar surface area (TPSA) is 403 Å². The third-order valence-electron chi connectivity index (χ3n) is 29.7. The number of nitriles is 2. The van der Waals surface area contributed by atoms with Gasteiger partial charge >= 0.3 is 47.8 Å². The van der Waals surface area contributed by atoms with Gasteiger partial charge < -0.3 is 59.8 Å². The van der Waals surface area contributed by atoms with E-state index in [1.807, 2.05) is 34.6 Å². The zero-order valence-corrected chi connectivity index (χ0v) is 90.9. The summed E-state index contributed by atoms with van der Waals surface area (Å²) in [5, 5.41) is 86.2. The van der Waals surface area contributed by atoms with Gasteiger partial charge in [-0.1, -0.05) is 159 Å². The number of hydrogen-bond acceptors (Lipinski definition) is 16. The monoisotopic (exact) mass is 1910 g/mol. The molecule has 8 aliphatic carbocycles. The first-order chi connectivity index (χ1) is 61.9. The lowest BCUT2D eigenvalue weighted by molar-refractivity contribution is -0.158. The van der Waals surface area contributed by atoms with Crippen molar-refractivity contribution in [2.24, 2.45) is 106 Å². The Bertz CT molecular complexity index is 3270. The second-order valence-electron chi connectivity index (χ2n) is 50.9. The molecule has 12 aliphatic rings. The van der Waals surface area contributed by atoms with Crippen molar-refractivity contribution in [2.45, 2.75) is 463 Å². The maximum atomic E-state index is 11.0. The van der Waals surface area contributed by atoms with Gasteiger partial charge in [-0.25, -0.2) is 0 Å². The molecule has 788 valence electrons. The second kappa shape index (κ2) is 63.9. The third-order valence-corrected chi connectivity index (χ3v) is 29.7. The molecule has 8 saturated carbocycles. The Morgan fingerprint density at radius 1 is 0.378 bits per heavy atom. The van der Waals surface area contributed by atoms with Crippen LogP contribution in [0.15, 0.2) is 0 Å². The zero-order valence-electron chi connectivity index (χ0n) is 90.9. The Labute approximate surface area is 821 Å². The number of piperidine rings is 1. The summed E-state index contributed by atoms with van der Waals surface area (Å²) in [6, 6.07) is 4.61. The fourth-order valence-corrected chi connectivity index (χ4v) is 18.2. The molecule has 0 aromatic heterocycles. The molecule has 24 heteroatoms. The lowest BCUT2D eigenvalue weighted by atomic mass is 9.54. The van der Waals surface area contributed by atoms with Gasteiger partial charge in [0.2, 0.25) is 0 Å². The molecular formula is C111H203N3O21. The number of aliphatic carboxylic acids is 8. The summed E-state index contributed by atoms with van der Waals surface area (Å²) in [5.74, 6) is -2.31. The van der Waals surface area contributed by atoms with Crippen LogP contribution in [0.25, 0.3) is 0 Å². The molecule has 12 rings (SSSR count). The number of likely N-dealkylation sites (tertiary alicyclic amines) is 1. The van der Waals surface area contributed by atoms with Crippen molar-refractivity contribution in [3.05, 3.63) is 0 Å². The van der Waals surface area contributed by atoms with E-state index in [0.717, 1.165) is 232 Å². The first-order valence-electron chi connectivity index (χ1n) is 52.0. The summed E-state index contributed by atoms with van der Waals surface area (Å²) >= 11 is 0. The molecule has 135 heavy (non-hydrogen) atoms. The van der Waals surface area contributed by atoms with Gasteiger partial charge in [-0.2, -0.15) is 10.5 Å². The van der Waals surface area contributed by atoms with E-state index >= 15 is 0 Å². The number of Topliss-reactive ketones (excluding diaryl/α,β-unsaturated/α-hetero) is 1. The molecule has 0 amide bonds. The Morgan fingerprint density at radius 3 is 0.941 bits per heavy atom. The van der Waals surface area contributed by atoms with Crippen molar-refractivity contribution >= 4 is 53.5 Å². The van der Waals surface area contributed by atoms with Crippen LogP contribution in [-0.4, -0.2) is 172 Å². The van der Waals surface area contributed by atoms with Gasteiger partial charge in [0.15, 0.2) is 0 Å². The molecule has 8 N–H and O–H groups in total. The lowest BCUT2D eigenvalue weighted by Gasteiger charge is -2.49. The molecule has 0 aromatic rings. The highest BCUT2D eigenvalue weighted by molar-refractivity contribution is 5.77. The van der Waals surface area contributed by atoms with Crippen LogP contribution < -0.4 is 0 Å². The van der Waals surface area contributed by atoms with Crippen LogP contribution >= 0.6 is 0 Å². The molecule has 0 atom stereocenters. The van der Waals surface area contributed by atoms with Crippen molar-refractivity contribution < 1.29 is 103 Å². The summed E-state index contributed by atoms with van der Waals surface area (Å²) < 4.78 is 20.7. The van der Waals surface area contributed by atoms with Crippen molar-refractivity contribution in [3.8, 4) is 12.1 Å². The number of carbonyl (C=O) groups is 9. The van der Waals surface area contributed by atoms with Gasteiger partial charge in [0.1, 0.15) is 5.78 Å². The highest BCUT2D eigenvalue weighted by atomic mass is 16.5. The average Bonchev–Trinajstić information content (AvgIpc) is 0.763. The van der Waals surface area contributed by atoms with Gasteiger partial charge in [-0.15, -0.1) is 0 Å². The Hall–Kier alpha value is -5.79. The quantitative estimate of drug-likeness (QED) is 0.0561. The molecule has 0 radical (unpaired) electrons. The van der Waals surface area contributed by atoms with Gasteiger partial charge in [0.05, 0.1) is 47.5 Å². The van der Waals surface area contributed by atoms with Crippen LogP contribution in [0.2, 0.25) is 0 Å². The number of fused-ring (bicyclic) bond motifs is 3. The minimum Gasteiger partial charge on any atom is -0.481 e. The normalized spacial score (nSPS) is 24.9. The number of methoxy groups -OCH3 is 1. The summed E-state index contributed by atoms with van der Waals surface area (Å²) in [6.45, 7) is 65.4. The third kappa shape index (κ3) is 69.7. The zero-order chi connectivity index (χ0) is 104. The Balaban J connectivity index is 0. The first-order valence-corrected chi connectivity index (χ1v) is 52.0. The van der Waals surface area contributed by atoms with Crippen LogP contribution in [0, 0.1) is 129 Å². The number of rotatable bonds is 20. The first kappa shape index (κ1) is 131. The fourth-order valence-electron chi connectivity index (χ4n) is 18.2. The molecule has 4 heterocycles. The number of carboxylic acids is 8. The molecule has 24 nitrogen and oxygen atoms in total. The van der Waals surface area contributed by atoms with E-state index in [2.05, 4.69) is 156 Å². The van der Waals surface area contributed by atoms with Crippen LogP contribution in [0.4, 0.5) is 0 Å². The number of hydrogen-bond donors (Lipinski definition) is 8. The summed E-state index contributed by atoms with van der Waals surface area (Å²) in [4.78, 5) is 96.5. The minimum absolute atomic E-state index is 0.0666. The summed E-state index contributed by atoms with van der Waals surface area (Å²) in [7, 11) is 1.76. The van der Waals surface area contributed by atoms with Crippen LogP contribution in [0.3, 0.4) is 0 Å². The van der Waals surface area contributed by atoms with E-state index in [9.17, 15) is 43.2 Å². The van der Waals surface area contributed by atoms with E-state index in [1.54, 1.807) is 14.0 Å². The van der Waals surface area contributed by atoms with Crippen molar-refractivity contribution in [1.82, 2.24) is 4.90 Å². The summed E-state index contributed by atoms with van der Waals surface area (Å²) in [5.41, 5.74) is 3.50. The van der Waals surface area contributed by atoms with Crippen LogP contribution in [-0.2, 0) is 62.1 Å². The second-order valence-corrected chi connectivity index (χ2v) is 50.9. The van der Waals surface area contributed by atoms with Crippen molar-refractivity contribution in [3.63, 3.8) is 0 Å². The molecule has 2 bridgehead atoms. The van der Waals surface area contributed by atoms with E-state index in [1.165, 1.54) is 77.0 Å². The SMILES string of the molecule is CC(=O)CN1CCC(C)(C)CC1.CC(C)(C)CCC(=O)O.CC(C)(C)CCCC(=O)O.CC(C)C.CC1(C#N)CCC(CC(=O)O)CC1.CC1(C#N)CCOCC1.CC1(C)CCC(C(=O)O)CC1.CC1(C)CCC(CC(=O)O)CC1.CC1(C)CCC(CC(=O)O)CC1.CC1(C)CCC(CCC(=O)O)CC1.CC1(C)CCOCC1.CC12CCC(C(=O)O)(CC1)CC2.COCC1(C)CCOCC1. The fraction of sp³-hybridized carbons (Fsp3) is 0.901. The largest absolute Gasteiger partial charge is 0.481 e. The summed E-state index contributed by atoms with van der Waals surface area (Å²) in [6.07, 6.45) is 41.8. The van der Waals surface area contributed by atoms with Gasteiger partial charge in [-0.3, -0.25) is 48.1 Å². The van der Waals surface area contributed by atoms with E-state index in [4.69, 9.17) is 70.3 Å². The van der Waals surface area contributed by atoms with Gasteiger partial charge in [0, 0.05) is 85.3 Å². The molecular weight excluding hydrogens is 1710 g/mol. The maximum absolute atomic E-state index is 11.0. The van der Waals surface area contributed by atoms with Gasteiger partial charge in [-0.05, 0) is 362 Å². The predicted molar refractivity (Wildman–Crippen MR) is 541 cm³/mol. The molecule has 0 aromatic carbocycles. The van der Waals surface area contributed by atoms with E-state index in [-0.39, 0.29) is 51.6 Å². The molecule has 4 aliphatic heterocycles. The minimum atomic E-state index is -0.717. The number of carboxylic acid groups (broad SMARTS) is 8. The standard InChI is InChI=1S/C11H20O2.C10H15NO2.C10H19NO.C10H16O2.2C10H18O2.C9H16O2.2C8H16O2.C7H11NO.C7H14O2.C7H14O.C4H10/c1-11(2)7-5-9(6-8-11)3-4-10(12)13;1-10(7-11)4-2-8(3-5-10)6-9(12)13;1-9(12)8-11-6-4-10(2,3)5-7-11;1-9-2-5-10(6-3-9,7-4-9)8(11)12;2*1-10(2)5-3-8(4-6-10)7-9(11)12;1-9(2)5-3-7(4-6-9)8(10)11;1-8(7-9-2)3-5-10-6-4-8;1-8(2,3)6-4-5-7(9)10;1-7(6-8)2-4-9-5-3-7;1-7(2,3)5-4-6(8)9;1-7(2)3-5-8-6-4-7;1-4(2)3/h9H,3-8H2,1-2H3,(H,12,13);8H,2-6H2,1H3,(H,12,13);4-8H2,1-3H3;2-7H2,1H3,(H,11,12);2*8H,3-7H2,1-2H3,(H,11,12);7H,3-6H2,1-2H3,(H,10,11);3-7H2,1-2H3;4-6H2,1-3H3,(H,9,10);2-5H2,1H3;4-5H2,1-3H3,(H,8,9);3-6H2,1-2H3;4H,1-3H3. The number of ketones is 1. The highest BCUT2D eigenvalue weighted by Crippen LogP contribution is 2.57. The Kier molecular flexibility index (Phi) is 62.1. The molecule has 4 saturated heterocycles.